The molecule has 1 atom stereocenters. The van der Waals surface area contributed by atoms with Crippen molar-refractivity contribution in [3.8, 4) is 0 Å². The van der Waals surface area contributed by atoms with Crippen LogP contribution in [0.15, 0.2) is 42.6 Å². The van der Waals surface area contributed by atoms with Crippen molar-refractivity contribution in [1.29, 1.82) is 0 Å². The highest BCUT2D eigenvalue weighted by Gasteiger charge is 2.33. The van der Waals surface area contributed by atoms with Gasteiger partial charge in [0.1, 0.15) is 6.04 Å². The molecule has 0 saturated carbocycles. The van der Waals surface area contributed by atoms with E-state index in [0.29, 0.717) is 50.8 Å². The van der Waals surface area contributed by atoms with Gasteiger partial charge in [-0.3, -0.25) is 9.89 Å². The lowest BCUT2D eigenvalue weighted by Crippen LogP contribution is -2.58. The maximum Gasteiger partial charge on any atom is 0.338 e. The van der Waals surface area contributed by atoms with Crippen LogP contribution in [0.3, 0.4) is 0 Å². The van der Waals surface area contributed by atoms with E-state index < -0.39 is 6.04 Å². The number of hydrogen-bond donors (Lipinski definition) is 2. The molecular weight excluding hydrogens is 582 g/mol. The maximum atomic E-state index is 14.1. The number of esters is 1. The molecule has 3 amide bonds. The molecule has 6 rings (SSSR count). The highest BCUT2D eigenvalue weighted by atomic mass is 16.5. The number of carbonyl (C=O) groups excluding carboxylic acids is 3. The molecule has 2 N–H and O–H groups in total. The van der Waals surface area contributed by atoms with E-state index in [-0.39, 0.29) is 17.9 Å². The smallest absolute Gasteiger partial charge is 0.338 e. The number of carbonyl (C=O) groups is 3. The second-order valence-electron chi connectivity index (χ2n) is 12.8. The van der Waals surface area contributed by atoms with Crippen LogP contribution in [0.2, 0.25) is 0 Å². The molecule has 246 valence electrons. The largest absolute Gasteiger partial charge is 0.462 e. The lowest BCUT2D eigenvalue weighted by atomic mass is 9.97. The molecule has 0 aliphatic carbocycles. The Kier molecular flexibility index (Phi) is 10.1. The van der Waals surface area contributed by atoms with Crippen LogP contribution in [0, 0.1) is 6.92 Å². The number of piperidine rings is 2. The zero-order valence-corrected chi connectivity index (χ0v) is 27.2. The van der Waals surface area contributed by atoms with Crippen LogP contribution in [0.1, 0.15) is 60.5 Å². The Morgan fingerprint density at radius 3 is 2.35 bits per heavy atom. The first kappa shape index (κ1) is 31.8. The number of hydrogen-bond acceptors (Lipinski definition) is 7. The van der Waals surface area contributed by atoms with E-state index in [1.165, 1.54) is 32.4 Å². The molecule has 0 bridgehead atoms. The minimum atomic E-state index is -0.656. The van der Waals surface area contributed by atoms with Gasteiger partial charge in [0.15, 0.2) is 0 Å². The van der Waals surface area contributed by atoms with Crippen molar-refractivity contribution in [2.24, 2.45) is 0 Å². The van der Waals surface area contributed by atoms with Gasteiger partial charge < -0.3 is 29.7 Å². The lowest BCUT2D eigenvalue weighted by Gasteiger charge is -2.41. The van der Waals surface area contributed by atoms with E-state index in [0.717, 1.165) is 53.6 Å². The molecule has 3 aliphatic rings. The van der Waals surface area contributed by atoms with E-state index in [1.54, 1.807) is 30.2 Å². The van der Waals surface area contributed by atoms with Crippen LogP contribution in [-0.4, -0.2) is 114 Å². The number of benzene rings is 2. The number of H-pyrrole nitrogens is 1. The number of aryl methyl sites for hydroxylation is 1. The summed E-state index contributed by atoms with van der Waals surface area (Å²) in [6.07, 6.45) is 8.04. The van der Waals surface area contributed by atoms with Crippen LogP contribution in [0.4, 0.5) is 10.5 Å². The van der Waals surface area contributed by atoms with Gasteiger partial charge in [0.2, 0.25) is 5.91 Å². The van der Waals surface area contributed by atoms with Gasteiger partial charge in [0.05, 0.1) is 23.9 Å². The van der Waals surface area contributed by atoms with Crippen molar-refractivity contribution in [3.05, 3.63) is 59.3 Å². The minimum absolute atomic E-state index is 0.00397. The van der Waals surface area contributed by atoms with Crippen molar-refractivity contribution >= 4 is 34.5 Å². The molecule has 3 fully saturated rings. The molecular formula is C35H47N7O4. The van der Waals surface area contributed by atoms with Crippen molar-refractivity contribution in [1.82, 2.24) is 30.2 Å². The third-order valence-corrected chi connectivity index (χ3v) is 9.84. The van der Waals surface area contributed by atoms with E-state index in [2.05, 4.69) is 37.4 Å². The monoisotopic (exact) mass is 629 g/mol. The fourth-order valence-electron chi connectivity index (χ4n) is 7.25. The lowest BCUT2D eigenvalue weighted by molar-refractivity contribution is -0.134. The van der Waals surface area contributed by atoms with Crippen LogP contribution < -0.4 is 10.2 Å². The van der Waals surface area contributed by atoms with Gasteiger partial charge in [-0.1, -0.05) is 12.5 Å². The average molecular weight is 630 g/mol. The summed E-state index contributed by atoms with van der Waals surface area (Å²) in [5.41, 5.74) is 4.58. The van der Waals surface area contributed by atoms with Crippen LogP contribution >= 0.6 is 0 Å². The first-order valence-corrected chi connectivity index (χ1v) is 16.9. The molecule has 4 heterocycles. The number of nitrogens with zero attached hydrogens (tertiary/aromatic N) is 5. The number of amides is 3. The van der Waals surface area contributed by atoms with Crippen LogP contribution in [-0.2, 0) is 16.0 Å². The van der Waals surface area contributed by atoms with Gasteiger partial charge in [0, 0.05) is 62.8 Å². The Labute approximate surface area is 271 Å². The van der Waals surface area contributed by atoms with Crippen LogP contribution in [0.5, 0.6) is 0 Å². The summed E-state index contributed by atoms with van der Waals surface area (Å²) >= 11 is 0. The molecule has 3 saturated heterocycles. The van der Waals surface area contributed by atoms with E-state index >= 15 is 0 Å². The summed E-state index contributed by atoms with van der Waals surface area (Å²) in [6, 6.07) is 11.2. The fraction of sp³-hybridized carbons (Fsp3) is 0.543. The second kappa shape index (κ2) is 14.5. The number of ether oxygens (including phenoxy) is 1. The highest BCUT2D eigenvalue weighted by Crippen LogP contribution is 2.24. The SMILES string of the molecule is CCOC(=O)c1ccc(N2CCN(C(=O)N[C@H](Cc3cc(C)c4[nH]ncc4c3)C(=O)N3CCC(N4CCCCC4)CC3)CC2)cc1. The molecule has 11 heteroatoms. The van der Waals surface area contributed by atoms with Crippen molar-refractivity contribution in [3.63, 3.8) is 0 Å². The molecule has 3 aromatic rings. The molecule has 0 radical (unpaired) electrons. The number of anilines is 1. The fourth-order valence-corrected chi connectivity index (χ4v) is 7.25. The number of fused-ring (bicyclic) bond motifs is 1. The summed E-state index contributed by atoms with van der Waals surface area (Å²) in [5, 5.41) is 11.4. The van der Waals surface area contributed by atoms with Gasteiger partial charge in [-0.05, 0) is 94.1 Å². The first-order valence-electron chi connectivity index (χ1n) is 16.9. The van der Waals surface area contributed by atoms with Gasteiger partial charge >= 0.3 is 12.0 Å². The Morgan fingerprint density at radius 2 is 1.65 bits per heavy atom. The van der Waals surface area contributed by atoms with Gasteiger partial charge in [-0.15, -0.1) is 0 Å². The summed E-state index contributed by atoms with van der Waals surface area (Å²) in [7, 11) is 0. The Bertz CT molecular complexity index is 1500. The summed E-state index contributed by atoms with van der Waals surface area (Å²) in [6.45, 7) is 10.3. The van der Waals surface area contributed by atoms with E-state index in [4.69, 9.17) is 4.74 Å². The molecule has 0 unspecified atom stereocenters. The van der Waals surface area contributed by atoms with Gasteiger partial charge in [-0.2, -0.15) is 5.10 Å². The van der Waals surface area contributed by atoms with Crippen LogP contribution in [0.25, 0.3) is 10.9 Å². The molecule has 3 aliphatic heterocycles. The Hall–Kier alpha value is -4.12. The standard InChI is InChI=1S/C35H47N7O4/c1-3-46-34(44)27-7-9-29(10-8-27)40-17-19-42(20-18-40)35(45)37-31(23-26-21-25(2)32-28(22-26)24-36-38-32)33(43)41-15-11-30(12-16-41)39-13-5-4-6-14-39/h7-10,21-22,24,30-31H,3-6,11-20,23H2,1-2H3,(H,36,38)(H,37,45)/t31-/m1/s1. The number of aromatic nitrogens is 2. The average Bonchev–Trinajstić information content (AvgIpc) is 3.58. The third-order valence-electron chi connectivity index (χ3n) is 9.84. The van der Waals surface area contributed by atoms with Gasteiger partial charge in [0.25, 0.3) is 0 Å². The molecule has 2 aromatic carbocycles. The summed E-state index contributed by atoms with van der Waals surface area (Å²) in [5.74, 6) is -0.332. The second-order valence-corrected chi connectivity index (χ2v) is 12.8. The summed E-state index contributed by atoms with van der Waals surface area (Å²) in [4.78, 5) is 48.3. The summed E-state index contributed by atoms with van der Waals surface area (Å²) < 4.78 is 5.09. The number of nitrogens with one attached hydrogen (secondary N) is 2. The Balaban J connectivity index is 1.10. The normalized spacial score (nSPS) is 18.9. The molecule has 46 heavy (non-hydrogen) atoms. The number of piperazine rings is 1. The molecule has 0 spiro atoms. The number of urea groups is 1. The quantitative estimate of drug-likeness (QED) is 0.363. The predicted octanol–water partition coefficient (Wildman–Crippen LogP) is 3.97. The van der Waals surface area contributed by atoms with Crippen molar-refractivity contribution < 1.29 is 19.1 Å². The maximum absolute atomic E-state index is 14.1. The Morgan fingerprint density at radius 1 is 0.935 bits per heavy atom. The number of rotatable bonds is 8. The zero-order valence-electron chi connectivity index (χ0n) is 27.2. The minimum Gasteiger partial charge on any atom is -0.462 e. The topological polar surface area (TPSA) is 114 Å². The van der Waals surface area contributed by atoms with Crippen molar-refractivity contribution in [2.75, 3.05) is 63.9 Å². The van der Waals surface area contributed by atoms with E-state index in [9.17, 15) is 14.4 Å². The first-order chi connectivity index (χ1) is 22.4. The number of likely N-dealkylation sites (tertiary alicyclic amines) is 2. The van der Waals surface area contributed by atoms with E-state index in [1.807, 2.05) is 24.0 Å². The highest BCUT2D eigenvalue weighted by molar-refractivity contribution is 5.90. The van der Waals surface area contributed by atoms with Crippen molar-refractivity contribution in [2.45, 2.75) is 64.5 Å². The van der Waals surface area contributed by atoms with Gasteiger partial charge in [-0.25, -0.2) is 9.59 Å². The zero-order chi connectivity index (χ0) is 32.0. The predicted molar refractivity (Wildman–Crippen MR) is 178 cm³/mol. The molecule has 11 nitrogen and oxygen atoms in total. The third kappa shape index (κ3) is 7.30. The number of aromatic amines is 1. The molecule has 1 aromatic heterocycles.